The molecule has 20 heavy (non-hydrogen) atoms. The van der Waals surface area contributed by atoms with Gasteiger partial charge in [-0.3, -0.25) is 4.79 Å². The summed E-state index contributed by atoms with van der Waals surface area (Å²) in [5.41, 5.74) is 0.287. The summed E-state index contributed by atoms with van der Waals surface area (Å²) in [5.74, 6) is -0.689. The zero-order valence-corrected chi connectivity index (χ0v) is 11.0. The minimum absolute atomic E-state index is 0.193. The van der Waals surface area contributed by atoms with Crippen molar-refractivity contribution in [1.82, 2.24) is 0 Å². The average molecular weight is 279 g/mol. The van der Waals surface area contributed by atoms with Crippen LogP contribution in [-0.2, 0) is 4.79 Å². The van der Waals surface area contributed by atoms with Crippen molar-refractivity contribution in [2.24, 2.45) is 11.8 Å². The van der Waals surface area contributed by atoms with Crippen LogP contribution in [0.1, 0.15) is 12.8 Å². The fraction of sp³-hybridized carbons (Fsp3) is 0.400. The first kappa shape index (κ1) is 13.2. The molecule has 1 aromatic rings. The Morgan fingerprint density at radius 3 is 2.95 bits per heavy atom. The van der Waals surface area contributed by atoms with Crippen molar-refractivity contribution in [1.29, 1.82) is 0 Å². The van der Waals surface area contributed by atoms with E-state index in [0.29, 0.717) is 18.5 Å². The molecule has 0 radical (unpaired) electrons. The van der Waals surface area contributed by atoms with E-state index in [1.54, 1.807) is 0 Å². The summed E-state index contributed by atoms with van der Waals surface area (Å²) in [4.78, 5) is 11.8. The van der Waals surface area contributed by atoms with Gasteiger partial charge < -0.3 is 10.6 Å². The quantitative estimate of drug-likeness (QED) is 0.805. The largest absolute Gasteiger partial charge is 0.336 e. The Hall–Kier alpha value is -1.75. The molecular weight excluding hydrogens is 262 g/mol. The molecule has 1 fully saturated rings. The summed E-state index contributed by atoms with van der Waals surface area (Å²) in [7, 11) is 0. The third-order valence-corrected chi connectivity index (χ3v) is 4.22. The summed E-state index contributed by atoms with van der Waals surface area (Å²) >= 11 is 0. The molecule has 3 atom stereocenters. The Kier molecular flexibility index (Phi) is 3.53. The number of anilines is 1. The second kappa shape index (κ2) is 5.32. The standard InChI is InChI=1S/C15H16F2N2O/c16-12-5-4-10(7-13(12)17)19-15(20)8-18-14-6-9-2-1-3-11(9)14/h1,3-5,7,9,11,14,18H,2,6,8H2,(H,19,20)/p+1/t9-,11+,14+/m1/s1. The molecule has 3 nitrogen and oxygen atoms in total. The summed E-state index contributed by atoms with van der Waals surface area (Å²) in [5, 5.41) is 4.61. The third-order valence-electron chi connectivity index (χ3n) is 4.22. The summed E-state index contributed by atoms with van der Waals surface area (Å²) in [6.45, 7) is 0.306. The van der Waals surface area contributed by atoms with Crippen LogP contribution in [0.4, 0.5) is 14.5 Å². The normalized spacial score (nSPS) is 27.0. The number of nitrogens with one attached hydrogen (secondary N) is 1. The number of benzene rings is 1. The van der Waals surface area contributed by atoms with Crippen molar-refractivity contribution >= 4 is 11.6 Å². The van der Waals surface area contributed by atoms with Gasteiger partial charge in [-0.2, -0.15) is 0 Å². The van der Waals surface area contributed by atoms with E-state index in [2.05, 4.69) is 17.5 Å². The van der Waals surface area contributed by atoms with Crippen LogP contribution in [0.2, 0.25) is 0 Å². The number of fused-ring (bicyclic) bond motifs is 1. The predicted molar refractivity (Wildman–Crippen MR) is 70.9 cm³/mol. The van der Waals surface area contributed by atoms with E-state index < -0.39 is 11.6 Å². The minimum atomic E-state index is -0.954. The van der Waals surface area contributed by atoms with Crippen molar-refractivity contribution in [3.63, 3.8) is 0 Å². The number of halogens is 2. The zero-order chi connectivity index (χ0) is 14.1. The van der Waals surface area contributed by atoms with Crippen LogP contribution < -0.4 is 10.6 Å². The number of carbonyl (C=O) groups excluding carboxylic acids is 1. The molecule has 0 aliphatic heterocycles. The molecule has 1 amide bonds. The molecule has 106 valence electrons. The predicted octanol–water partition coefficient (Wildman–Crippen LogP) is 1.43. The monoisotopic (exact) mass is 279 g/mol. The van der Waals surface area contributed by atoms with E-state index in [4.69, 9.17) is 0 Å². The number of allylic oxidation sites excluding steroid dienone is 1. The molecule has 2 aliphatic carbocycles. The van der Waals surface area contributed by atoms with Gasteiger partial charge in [0.1, 0.15) is 0 Å². The van der Waals surface area contributed by atoms with Gasteiger partial charge in [0.15, 0.2) is 18.2 Å². The van der Waals surface area contributed by atoms with Gasteiger partial charge in [-0.25, -0.2) is 8.78 Å². The smallest absolute Gasteiger partial charge is 0.279 e. The first-order valence-electron chi connectivity index (χ1n) is 6.88. The number of rotatable bonds is 4. The van der Waals surface area contributed by atoms with Crippen LogP contribution in [0.15, 0.2) is 30.4 Å². The molecule has 0 bridgehead atoms. The second-order valence-electron chi connectivity index (χ2n) is 5.52. The highest BCUT2D eigenvalue weighted by molar-refractivity contribution is 5.91. The van der Waals surface area contributed by atoms with Crippen LogP contribution in [0.5, 0.6) is 0 Å². The molecule has 0 unspecified atom stereocenters. The lowest BCUT2D eigenvalue weighted by molar-refractivity contribution is -0.697. The van der Waals surface area contributed by atoms with Gasteiger partial charge >= 0.3 is 0 Å². The Labute approximate surface area is 116 Å². The summed E-state index contributed by atoms with van der Waals surface area (Å²) in [6, 6.07) is 3.84. The van der Waals surface area contributed by atoms with Crippen LogP contribution in [0.25, 0.3) is 0 Å². The molecule has 0 heterocycles. The molecule has 2 aliphatic rings. The minimum Gasteiger partial charge on any atom is -0.336 e. The van der Waals surface area contributed by atoms with Gasteiger partial charge in [-0.05, 0) is 24.5 Å². The Balaban J connectivity index is 1.47. The van der Waals surface area contributed by atoms with Crippen molar-refractivity contribution in [3.05, 3.63) is 42.0 Å². The molecular formula is C15H17F2N2O+. The van der Waals surface area contributed by atoms with E-state index >= 15 is 0 Å². The number of hydrogen-bond donors (Lipinski definition) is 2. The Morgan fingerprint density at radius 1 is 1.35 bits per heavy atom. The van der Waals surface area contributed by atoms with E-state index in [-0.39, 0.29) is 11.6 Å². The fourth-order valence-electron chi connectivity index (χ4n) is 3.08. The zero-order valence-electron chi connectivity index (χ0n) is 11.0. The Bertz CT molecular complexity index is 559. The molecule has 0 aromatic heterocycles. The van der Waals surface area contributed by atoms with E-state index in [1.807, 2.05) is 5.32 Å². The number of hydrogen-bond acceptors (Lipinski definition) is 1. The van der Waals surface area contributed by atoms with Crippen LogP contribution in [-0.4, -0.2) is 18.5 Å². The molecule has 0 spiro atoms. The highest BCUT2D eigenvalue weighted by atomic mass is 19.2. The summed E-state index contributed by atoms with van der Waals surface area (Å²) < 4.78 is 25.8. The van der Waals surface area contributed by atoms with E-state index in [1.165, 1.54) is 6.07 Å². The topological polar surface area (TPSA) is 45.7 Å². The molecule has 0 saturated heterocycles. The van der Waals surface area contributed by atoms with Crippen molar-refractivity contribution in [2.45, 2.75) is 18.9 Å². The highest BCUT2D eigenvalue weighted by Crippen LogP contribution is 2.40. The second-order valence-corrected chi connectivity index (χ2v) is 5.52. The third kappa shape index (κ3) is 2.58. The SMILES string of the molecule is O=C(C[NH2+][C@H]1C[C@H]2CC=C[C@@H]21)Nc1ccc(F)c(F)c1. The maximum Gasteiger partial charge on any atom is 0.279 e. The fourth-order valence-corrected chi connectivity index (χ4v) is 3.08. The van der Waals surface area contributed by atoms with Gasteiger partial charge in [0.05, 0.1) is 6.04 Å². The van der Waals surface area contributed by atoms with Gasteiger partial charge in [-0.1, -0.05) is 12.2 Å². The van der Waals surface area contributed by atoms with Gasteiger partial charge in [0.2, 0.25) is 0 Å². The summed E-state index contributed by atoms with van der Waals surface area (Å²) in [6.07, 6.45) is 6.76. The molecule has 3 N–H and O–H groups in total. The molecule has 1 aromatic carbocycles. The van der Waals surface area contributed by atoms with Crippen molar-refractivity contribution < 1.29 is 18.9 Å². The molecule has 1 saturated carbocycles. The molecule has 3 rings (SSSR count). The van der Waals surface area contributed by atoms with Gasteiger partial charge in [-0.15, -0.1) is 0 Å². The van der Waals surface area contributed by atoms with Crippen molar-refractivity contribution in [3.8, 4) is 0 Å². The van der Waals surface area contributed by atoms with Crippen LogP contribution in [0, 0.1) is 23.5 Å². The van der Waals surface area contributed by atoms with Crippen LogP contribution in [0.3, 0.4) is 0 Å². The lowest BCUT2D eigenvalue weighted by Crippen LogP contribution is -2.95. The first-order valence-corrected chi connectivity index (χ1v) is 6.88. The highest BCUT2D eigenvalue weighted by Gasteiger charge is 2.43. The lowest BCUT2D eigenvalue weighted by atomic mass is 9.71. The average Bonchev–Trinajstić information content (AvgIpc) is 2.76. The first-order chi connectivity index (χ1) is 9.63. The van der Waals surface area contributed by atoms with Gasteiger partial charge in [0.25, 0.3) is 5.91 Å². The maximum absolute atomic E-state index is 13.0. The number of nitrogens with two attached hydrogens (primary N) is 1. The van der Waals surface area contributed by atoms with Crippen molar-refractivity contribution in [2.75, 3.05) is 11.9 Å². The lowest BCUT2D eigenvalue weighted by Gasteiger charge is -2.37. The van der Waals surface area contributed by atoms with Gasteiger partial charge in [0, 0.05) is 24.1 Å². The van der Waals surface area contributed by atoms with E-state index in [0.717, 1.165) is 30.9 Å². The number of quaternary nitrogens is 1. The Morgan fingerprint density at radius 2 is 2.20 bits per heavy atom. The van der Waals surface area contributed by atoms with Crippen LogP contribution >= 0.6 is 0 Å². The number of carbonyl (C=O) groups is 1. The maximum atomic E-state index is 13.0. The number of amides is 1. The van der Waals surface area contributed by atoms with E-state index in [9.17, 15) is 13.6 Å². The molecule has 5 heteroatoms.